The molecule has 0 aliphatic heterocycles. The first-order valence-corrected chi connectivity index (χ1v) is 4.35. The van der Waals surface area contributed by atoms with Gasteiger partial charge in [-0.1, -0.05) is 13.0 Å². The quantitative estimate of drug-likeness (QED) is 0.626. The molecule has 0 saturated heterocycles. The molecule has 1 aliphatic carbocycles. The molecular weight excluding hydrogens is 134 g/mol. The van der Waals surface area contributed by atoms with E-state index in [0.717, 1.165) is 12.3 Å². The van der Waals surface area contributed by atoms with Crippen molar-refractivity contribution in [2.75, 3.05) is 0 Å². The fourth-order valence-electron chi connectivity index (χ4n) is 1.27. The molecule has 1 aromatic heterocycles. The maximum absolute atomic E-state index is 4.41. The van der Waals surface area contributed by atoms with E-state index in [1.165, 1.54) is 24.1 Å². The van der Waals surface area contributed by atoms with Gasteiger partial charge in [0.25, 0.3) is 0 Å². The van der Waals surface area contributed by atoms with Gasteiger partial charge in [-0.25, -0.2) is 0 Å². The molecule has 1 heterocycles. The molecule has 11 heavy (non-hydrogen) atoms. The number of hydrogen-bond acceptors (Lipinski definition) is 1. The summed E-state index contributed by atoms with van der Waals surface area (Å²) >= 11 is 0. The van der Waals surface area contributed by atoms with Crippen LogP contribution in [0, 0.1) is 0 Å². The highest BCUT2D eigenvalue weighted by Gasteiger charge is 2.24. The Morgan fingerprint density at radius 1 is 1.45 bits per heavy atom. The Morgan fingerprint density at radius 2 is 2.27 bits per heavy atom. The molecule has 1 nitrogen and oxygen atoms in total. The van der Waals surface area contributed by atoms with E-state index in [4.69, 9.17) is 0 Å². The van der Waals surface area contributed by atoms with Gasteiger partial charge in [0, 0.05) is 17.8 Å². The number of nitrogens with zero attached hydrogens (tertiary/aromatic N) is 1. The van der Waals surface area contributed by atoms with Crippen molar-refractivity contribution in [2.24, 2.45) is 0 Å². The van der Waals surface area contributed by atoms with Gasteiger partial charge in [-0.3, -0.25) is 4.98 Å². The van der Waals surface area contributed by atoms with Crippen LogP contribution in [-0.2, 0) is 6.42 Å². The molecule has 1 aliphatic rings. The normalized spacial score (nSPS) is 16.8. The molecule has 0 radical (unpaired) electrons. The topological polar surface area (TPSA) is 12.9 Å². The highest BCUT2D eigenvalue weighted by Crippen LogP contribution is 2.38. The van der Waals surface area contributed by atoms with E-state index in [-0.39, 0.29) is 0 Å². The lowest BCUT2D eigenvalue weighted by Crippen LogP contribution is -1.87. The van der Waals surface area contributed by atoms with E-state index in [0.29, 0.717) is 0 Å². The second-order valence-electron chi connectivity index (χ2n) is 3.22. The van der Waals surface area contributed by atoms with Gasteiger partial charge in [0.15, 0.2) is 0 Å². The molecule has 58 valence electrons. The van der Waals surface area contributed by atoms with Gasteiger partial charge in [-0.15, -0.1) is 0 Å². The van der Waals surface area contributed by atoms with Crippen molar-refractivity contribution in [3.8, 4) is 0 Å². The van der Waals surface area contributed by atoms with Crippen LogP contribution in [0.25, 0.3) is 0 Å². The van der Waals surface area contributed by atoms with E-state index >= 15 is 0 Å². The SMILES string of the molecule is CCc1ccc(C2CC2)nc1. The summed E-state index contributed by atoms with van der Waals surface area (Å²) < 4.78 is 0. The number of hydrogen-bond donors (Lipinski definition) is 0. The Morgan fingerprint density at radius 3 is 2.73 bits per heavy atom. The van der Waals surface area contributed by atoms with Crippen molar-refractivity contribution >= 4 is 0 Å². The van der Waals surface area contributed by atoms with Gasteiger partial charge >= 0.3 is 0 Å². The zero-order chi connectivity index (χ0) is 7.68. The fourth-order valence-corrected chi connectivity index (χ4v) is 1.27. The number of aryl methyl sites for hydroxylation is 1. The van der Waals surface area contributed by atoms with Crippen molar-refractivity contribution in [1.29, 1.82) is 0 Å². The Labute approximate surface area is 67.5 Å². The van der Waals surface area contributed by atoms with E-state index < -0.39 is 0 Å². The average Bonchev–Trinajstić information content (AvgIpc) is 2.87. The Balaban J connectivity index is 2.19. The van der Waals surface area contributed by atoms with Crippen LogP contribution in [0.4, 0.5) is 0 Å². The molecule has 2 rings (SSSR count). The average molecular weight is 147 g/mol. The molecule has 0 amide bonds. The van der Waals surface area contributed by atoms with Crippen LogP contribution in [0.1, 0.15) is 36.9 Å². The van der Waals surface area contributed by atoms with Crippen LogP contribution >= 0.6 is 0 Å². The first-order chi connectivity index (χ1) is 5.40. The van der Waals surface area contributed by atoms with Crippen molar-refractivity contribution < 1.29 is 0 Å². The Kier molecular flexibility index (Phi) is 1.65. The van der Waals surface area contributed by atoms with Crippen LogP contribution in [0.3, 0.4) is 0 Å². The largest absolute Gasteiger partial charge is 0.261 e. The molecular formula is C10H13N. The standard InChI is InChI=1S/C10H13N/c1-2-8-3-6-10(11-7-8)9-4-5-9/h3,6-7,9H,2,4-5H2,1H3. The smallest absolute Gasteiger partial charge is 0.0434 e. The first-order valence-electron chi connectivity index (χ1n) is 4.35. The highest BCUT2D eigenvalue weighted by atomic mass is 14.7. The summed E-state index contributed by atoms with van der Waals surface area (Å²) in [5.41, 5.74) is 2.64. The minimum absolute atomic E-state index is 0.793. The van der Waals surface area contributed by atoms with E-state index in [9.17, 15) is 0 Å². The molecule has 0 N–H and O–H groups in total. The lowest BCUT2D eigenvalue weighted by molar-refractivity contribution is 0.995. The summed E-state index contributed by atoms with van der Waals surface area (Å²) in [6.45, 7) is 2.16. The third-order valence-electron chi connectivity index (χ3n) is 2.25. The predicted octanol–water partition coefficient (Wildman–Crippen LogP) is 2.52. The molecule has 0 bridgehead atoms. The summed E-state index contributed by atoms with van der Waals surface area (Å²) in [4.78, 5) is 4.41. The zero-order valence-electron chi connectivity index (χ0n) is 6.88. The summed E-state index contributed by atoms with van der Waals surface area (Å²) in [6, 6.07) is 4.37. The second kappa shape index (κ2) is 2.65. The molecule has 1 aromatic rings. The lowest BCUT2D eigenvalue weighted by atomic mass is 10.2. The molecule has 0 atom stereocenters. The molecule has 0 aromatic carbocycles. The minimum atomic E-state index is 0.793. The molecule has 1 heteroatoms. The number of rotatable bonds is 2. The van der Waals surface area contributed by atoms with Crippen LogP contribution < -0.4 is 0 Å². The van der Waals surface area contributed by atoms with Crippen molar-refractivity contribution in [1.82, 2.24) is 4.98 Å². The fraction of sp³-hybridized carbons (Fsp3) is 0.500. The molecule has 1 saturated carbocycles. The van der Waals surface area contributed by atoms with Crippen molar-refractivity contribution in [3.05, 3.63) is 29.6 Å². The van der Waals surface area contributed by atoms with E-state index in [1.54, 1.807) is 0 Å². The van der Waals surface area contributed by atoms with Gasteiger partial charge < -0.3 is 0 Å². The Hall–Kier alpha value is -0.850. The van der Waals surface area contributed by atoms with Crippen LogP contribution in [-0.4, -0.2) is 4.98 Å². The van der Waals surface area contributed by atoms with Gasteiger partial charge in [0.1, 0.15) is 0 Å². The van der Waals surface area contributed by atoms with Gasteiger partial charge in [0.2, 0.25) is 0 Å². The third-order valence-corrected chi connectivity index (χ3v) is 2.25. The van der Waals surface area contributed by atoms with Crippen LogP contribution in [0.15, 0.2) is 18.3 Å². The predicted molar refractivity (Wildman–Crippen MR) is 45.6 cm³/mol. The van der Waals surface area contributed by atoms with Gasteiger partial charge in [-0.05, 0) is 30.9 Å². The monoisotopic (exact) mass is 147 g/mol. The maximum Gasteiger partial charge on any atom is 0.0434 e. The van der Waals surface area contributed by atoms with Gasteiger partial charge in [-0.2, -0.15) is 0 Å². The van der Waals surface area contributed by atoms with E-state index in [2.05, 4.69) is 24.0 Å². The third kappa shape index (κ3) is 1.42. The van der Waals surface area contributed by atoms with Crippen molar-refractivity contribution in [2.45, 2.75) is 32.1 Å². The van der Waals surface area contributed by atoms with Crippen LogP contribution in [0.2, 0.25) is 0 Å². The van der Waals surface area contributed by atoms with Gasteiger partial charge in [0.05, 0.1) is 0 Å². The van der Waals surface area contributed by atoms with Crippen molar-refractivity contribution in [3.63, 3.8) is 0 Å². The maximum atomic E-state index is 4.41. The van der Waals surface area contributed by atoms with E-state index in [1.807, 2.05) is 6.20 Å². The molecule has 1 fully saturated rings. The number of pyridine rings is 1. The summed E-state index contributed by atoms with van der Waals surface area (Å²) in [7, 11) is 0. The minimum Gasteiger partial charge on any atom is -0.261 e. The summed E-state index contributed by atoms with van der Waals surface area (Å²) in [6.07, 6.45) is 5.79. The summed E-state index contributed by atoms with van der Waals surface area (Å²) in [5, 5.41) is 0. The first kappa shape index (κ1) is 6.84. The van der Waals surface area contributed by atoms with Crippen LogP contribution in [0.5, 0.6) is 0 Å². The summed E-state index contributed by atoms with van der Waals surface area (Å²) in [5.74, 6) is 0.793. The zero-order valence-corrected chi connectivity index (χ0v) is 6.88. The highest BCUT2D eigenvalue weighted by molar-refractivity contribution is 5.19. The number of aromatic nitrogens is 1. The second-order valence-corrected chi connectivity index (χ2v) is 3.22. The lowest BCUT2D eigenvalue weighted by Gasteiger charge is -1.97. The molecule has 0 spiro atoms. The Bertz CT molecular complexity index is 234. The molecule has 0 unspecified atom stereocenters.